The van der Waals surface area contributed by atoms with Crippen LogP contribution >= 0.6 is 0 Å². The van der Waals surface area contributed by atoms with E-state index in [2.05, 4.69) is 10.6 Å². The van der Waals surface area contributed by atoms with Crippen LogP contribution in [-0.2, 0) is 9.59 Å². The van der Waals surface area contributed by atoms with E-state index in [1.54, 1.807) is 30.3 Å². The van der Waals surface area contributed by atoms with Gasteiger partial charge in [-0.15, -0.1) is 0 Å². The van der Waals surface area contributed by atoms with Crippen LogP contribution in [0.2, 0.25) is 0 Å². The van der Waals surface area contributed by atoms with E-state index in [-0.39, 0.29) is 24.0 Å². The Hall–Kier alpha value is -2.95. The quantitative estimate of drug-likeness (QED) is 0.856. The van der Waals surface area contributed by atoms with Gasteiger partial charge in [0, 0.05) is 17.7 Å². The largest absolute Gasteiger partial charge is 0.326 e. The van der Waals surface area contributed by atoms with Crippen molar-refractivity contribution >= 4 is 29.0 Å². The highest BCUT2D eigenvalue weighted by Gasteiger charge is 2.30. The van der Waals surface area contributed by atoms with E-state index in [0.29, 0.717) is 16.9 Å². The number of hydrogen-bond donors (Lipinski definition) is 2. The summed E-state index contributed by atoms with van der Waals surface area (Å²) >= 11 is 0. The van der Waals surface area contributed by atoms with E-state index >= 15 is 0 Å². The normalized spacial score (nSPS) is 16.2. The molecule has 0 saturated carbocycles. The monoisotopic (exact) mass is 308 g/mol. The number of fused-ring (bicyclic) bond motifs is 1. The maximum absolute atomic E-state index is 12.6. The summed E-state index contributed by atoms with van der Waals surface area (Å²) in [5, 5.41) is 5.55. The first-order chi connectivity index (χ1) is 11.1. The number of amides is 2. The number of ketones is 1. The molecule has 2 amide bonds. The van der Waals surface area contributed by atoms with Crippen molar-refractivity contribution in [3.63, 3.8) is 0 Å². The van der Waals surface area contributed by atoms with E-state index in [4.69, 9.17) is 0 Å². The minimum Gasteiger partial charge on any atom is -0.326 e. The first kappa shape index (κ1) is 15.0. The van der Waals surface area contributed by atoms with Gasteiger partial charge in [-0.2, -0.15) is 0 Å². The number of para-hydroxylation sites is 2. The molecular formula is C18H16N2O3. The number of Topliss-reactive ketones (excluding diaryl/α,β-unsaturated/α-hetero) is 1. The van der Waals surface area contributed by atoms with Crippen molar-refractivity contribution < 1.29 is 14.4 Å². The lowest BCUT2D eigenvalue weighted by Gasteiger charge is -2.25. The Morgan fingerprint density at radius 1 is 1.09 bits per heavy atom. The Balaban J connectivity index is 1.90. The molecule has 0 spiro atoms. The van der Waals surface area contributed by atoms with Gasteiger partial charge >= 0.3 is 0 Å². The van der Waals surface area contributed by atoms with Crippen LogP contribution in [0.5, 0.6) is 0 Å². The molecule has 0 aliphatic carbocycles. The number of benzene rings is 2. The van der Waals surface area contributed by atoms with Crippen LogP contribution in [0.25, 0.3) is 0 Å². The zero-order chi connectivity index (χ0) is 16.4. The maximum atomic E-state index is 12.6. The van der Waals surface area contributed by atoms with Crippen molar-refractivity contribution in [2.45, 2.75) is 19.3 Å². The molecule has 2 aromatic rings. The summed E-state index contributed by atoms with van der Waals surface area (Å²) in [6.45, 7) is 1.45. The van der Waals surface area contributed by atoms with Gasteiger partial charge in [-0.3, -0.25) is 14.4 Å². The fourth-order valence-corrected chi connectivity index (χ4v) is 2.76. The number of carbonyl (C=O) groups is 3. The molecule has 0 saturated heterocycles. The van der Waals surface area contributed by atoms with Gasteiger partial charge in [0.05, 0.1) is 11.6 Å². The predicted octanol–water partition coefficient (Wildman–Crippen LogP) is 2.95. The molecule has 0 bridgehead atoms. The third-order valence-electron chi connectivity index (χ3n) is 3.88. The Labute approximate surface area is 133 Å². The van der Waals surface area contributed by atoms with Crippen LogP contribution in [0, 0.1) is 0 Å². The van der Waals surface area contributed by atoms with E-state index in [1.807, 2.05) is 18.2 Å². The highest BCUT2D eigenvalue weighted by Crippen LogP contribution is 2.33. The molecular weight excluding hydrogens is 292 g/mol. The van der Waals surface area contributed by atoms with Gasteiger partial charge < -0.3 is 10.6 Å². The third kappa shape index (κ3) is 2.99. The topological polar surface area (TPSA) is 75.3 Å². The molecule has 0 radical (unpaired) electrons. The lowest BCUT2D eigenvalue weighted by molar-refractivity contribution is -0.123. The Kier molecular flexibility index (Phi) is 3.93. The van der Waals surface area contributed by atoms with Crippen LogP contribution in [0.1, 0.15) is 35.2 Å². The molecule has 1 heterocycles. The fourth-order valence-electron chi connectivity index (χ4n) is 2.76. The van der Waals surface area contributed by atoms with Gasteiger partial charge in [0.25, 0.3) is 0 Å². The molecule has 1 atom stereocenters. The van der Waals surface area contributed by atoms with Crippen molar-refractivity contribution in [2.75, 3.05) is 10.6 Å². The molecule has 1 aliphatic rings. The number of anilines is 2. The summed E-state index contributed by atoms with van der Waals surface area (Å²) in [4.78, 5) is 36.1. The highest BCUT2D eigenvalue weighted by atomic mass is 16.2. The molecule has 1 aliphatic heterocycles. The Morgan fingerprint density at radius 2 is 1.78 bits per heavy atom. The van der Waals surface area contributed by atoms with Gasteiger partial charge in [0.1, 0.15) is 0 Å². The molecule has 5 heteroatoms. The summed E-state index contributed by atoms with van der Waals surface area (Å²) in [7, 11) is 0. The molecule has 23 heavy (non-hydrogen) atoms. The van der Waals surface area contributed by atoms with E-state index in [0.717, 1.165) is 5.56 Å². The third-order valence-corrected chi connectivity index (χ3v) is 3.88. The summed E-state index contributed by atoms with van der Waals surface area (Å²) in [6, 6.07) is 14.1. The summed E-state index contributed by atoms with van der Waals surface area (Å²) < 4.78 is 0. The first-order valence-electron chi connectivity index (χ1n) is 7.36. The lowest BCUT2D eigenvalue weighted by atomic mass is 9.89. The molecule has 2 N–H and O–H groups in total. The SMILES string of the molecule is CC(=O)c1ccccc1NC(=O)[C@@H]1CC(=O)Nc2ccccc21. The van der Waals surface area contributed by atoms with E-state index in [9.17, 15) is 14.4 Å². The zero-order valence-electron chi connectivity index (χ0n) is 12.6. The van der Waals surface area contributed by atoms with E-state index in [1.165, 1.54) is 6.92 Å². The molecule has 0 unspecified atom stereocenters. The lowest BCUT2D eigenvalue weighted by Crippen LogP contribution is -2.31. The summed E-state index contributed by atoms with van der Waals surface area (Å²) in [5.41, 5.74) is 2.36. The van der Waals surface area contributed by atoms with Crippen molar-refractivity contribution in [2.24, 2.45) is 0 Å². The van der Waals surface area contributed by atoms with Crippen LogP contribution in [0.3, 0.4) is 0 Å². The van der Waals surface area contributed by atoms with Crippen LogP contribution in [0.4, 0.5) is 11.4 Å². The predicted molar refractivity (Wildman–Crippen MR) is 87.5 cm³/mol. The molecule has 0 fully saturated rings. The maximum Gasteiger partial charge on any atom is 0.232 e. The van der Waals surface area contributed by atoms with Gasteiger partial charge in [-0.25, -0.2) is 0 Å². The van der Waals surface area contributed by atoms with E-state index < -0.39 is 5.92 Å². The van der Waals surface area contributed by atoms with Gasteiger partial charge in [-0.1, -0.05) is 30.3 Å². The Morgan fingerprint density at radius 3 is 2.57 bits per heavy atom. The van der Waals surface area contributed by atoms with Crippen LogP contribution in [-0.4, -0.2) is 17.6 Å². The summed E-state index contributed by atoms with van der Waals surface area (Å²) in [5.74, 6) is -1.17. The van der Waals surface area contributed by atoms with Crippen molar-refractivity contribution in [1.82, 2.24) is 0 Å². The Bertz CT molecular complexity index is 798. The molecule has 116 valence electrons. The summed E-state index contributed by atoms with van der Waals surface area (Å²) in [6.07, 6.45) is 0.0884. The fraction of sp³-hybridized carbons (Fsp3) is 0.167. The first-order valence-corrected chi connectivity index (χ1v) is 7.36. The minimum absolute atomic E-state index is 0.0884. The second-order valence-electron chi connectivity index (χ2n) is 5.48. The van der Waals surface area contributed by atoms with Crippen molar-refractivity contribution in [3.05, 3.63) is 59.7 Å². The number of nitrogens with one attached hydrogen (secondary N) is 2. The highest BCUT2D eigenvalue weighted by molar-refractivity contribution is 6.08. The molecule has 0 aromatic heterocycles. The van der Waals surface area contributed by atoms with Gasteiger partial charge in [0.15, 0.2) is 5.78 Å². The zero-order valence-corrected chi connectivity index (χ0v) is 12.6. The number of rotatable bonds is 3. The average molecular weight is 308 g/mol. The molecule has 5 nitrogen and oxygen atoms in total. The standard InChI is InChI=1S/C18H16N2O3/c1-11(21)12-6-2-4-8-15(12)20-18(23)14-10-17(22)19-16-9-5-3-7-13(14)16/h2-9,14H,10H2,1H3,(H,19,22)(H,20,23)/t14-/m1/s1. The smallest absolute Gasteiger partial charge is 0.232 e. The van der Waals surface area contributed by atoms with Crippen LogP contribution in [0.15, 0.2) is 48.5 Å². The van der Waals surface area contributed by atoms with Crippen molar-refractivity contribution in [1.29, 1.82) is 0 Å². The van der Waals surface area contributed by atoms with Gasteiger partial charge in [0.2, 0.25) is 11.8 Å². The number of carbonyl (C=O) groups excluding carboxylic acids is 3. The van der Waals surface area contributed by atoms with Crippen molar-refractivity contribution in [3.8, 4) is 0 Å². The van der Waals surface area contributed by atoms with Gasteiger partial charge in [-0.05, 0) is 30.7 Å². The molecule has 2 aromatic carbocycles. The number of hydrogen-bond acceptors (Lipinski definition) is 3. The second-order valence-corrected chi connectivity index (χ2v) is 5.48. The average Bonchev–Trinajstić information content (AvgIpc) is 2.54. The molecule has 3 rings (SSSR count). The minimum atomic E-state index is -0.569. The van der Waals surface area contributed by atoms with Crippen LogP contribution < -0.4 is 10.6 Å². The second kappa shape index (κ2) is 6.04.